The first-order valence-electron chi connectivity index (χ1n) is 3.33. The van der Waals surface area contributed by atoms with Crippen molar-refractivity contribution >= 4 is 12.4 Å². The molecule has 0 atom stereocenters. The van der Waals surface area contributed by atoms with Crippen LogP contribution in [0.2, 0.25) is 0 Å². The Bertz CT molecular complexity index is 149. The average molecular weight is 215 g/mol. The summed E-state index contributed by atoms with van der Waals surface area (Å²) >= 11 is 0. The van der Waals surface area contributed by atoms with Gasteiger partial charge in [0.1, 0.15) is 0 Å². The molecule has 2 heteroatoms. The second-order valence-electron chi connectivity index (χ2n) is 1.92. The Morgan fingerprint density at radius 2 is 1.00 bits per heavy atom. The van der Waals surface area contributed by atoms with Crippen molar-refractivity contribution in [3.05, 3.63) is 60.7 Å². The molecule has 0 aromatic heterocycles. The summed E-state index contributed by atoms with van der Waals surface area (Å²) in [4.78, 5) is 0. The minimum absolute atomic E-state index is 0. The van der Waals surface area contributed by atoms with Crippen LogP contribution in [0.15, 0.2) is 60.7 Å². The van der Waals surface area contributed by atoms with Gasteiger partial charge in [0.2, 0.25) is 0 Å². The molecule has 2 aromatic carbocycles. The summed E-state index contributed by atoms with van der Waals surface area (Å²) in [6.07, 6.45) is 0. The third kappa shape index (κ3) is 7.81. The van der Waals surface area contributed by atoms with Crippen molar-refractivity contribution in [2.45, 2.75) is 0 Å². The molecule has 0 unspecified atom stereocenters. The molecule has 0 aliphatic rings. The van der Waals surface area contributed by atoms with Crippen LogP contribution in [-0.2, 0) is 21.7 Å². The molecule has 0 nitrogen and oxygen atoms in total. The van der Waals surface area contributed by atoms with Gasteiger partial charge in [-0.1, -0.05) is 0 Å². The van der Waals surface area contributed by atoms with Crippen molar-refractivity contribution in [1.29, 1.82) is 0 Å². The maximum Gasteiger partial charge on any atom is 0 e. The van der Waals surface area contributed by atoms with Gasteiger partial charge >= 0.3 is 0 Å². The van der Waals surface area contributed by atoms with Gasteiger partial charge in [-0.05, 0) is 0 Å². The van der Waals surface area contributed by atoms with E-state index in [0.717, 1.165) is 0 Å². The van der Waals surface area contributed by atoms with Gasteiger partial charge in [0.05, 0.1) is 0 Å². The normalized spacial score (nSPS) is 6.67. The Morgan fingerprint density at radius 3 is 1.17 bits per heavy atom. The molecule has 0 aliphatic carbocycles. The standard InChI is InChI=1S/2C5H5.ClH.Ti/c2*1-2-4-5-3-1;;/h2*1-5H;1H;/q-5;-1;;. The van der Waals surface area contributed by atoms with Crippen LogP contribution in [0.1, 0.15) is 0 Å². The van der Waals surface area contributed by atoms with Gasteiger partial charge in [0, 0.05) is 21.7 Å². The summed E-state index contributed by atoms with van der Waals surface area (Å²) in [6.45, 7) is 0. The summed E-state index contributed by atoms with van der Waals surface area (Å²) in [5.74, 6) is 0. The summed E-state index contributed by atoms with van der Waals surface area (Å²) in [6, 6.07) is 20.0. The Labute approximate surface area is 94.6 Å². The molecule has 0 heterocycles. The molecule has 0 fully saturated rings. The van der Waals surface area contributed by atoms with Gasteiger partial charge in [-0.2, -0.15) is 18.2 Å². The van der Waals surface area contributed by atoms with Gasteiger partial charge in [-0.25, -0.2) is 12.1 Å². The van der Waals surface area contributed by atoms with Crippen molar-refractivity contribution in [2.24, 2.45) is 0 Å². The van der Waals surface area contributed by atoms with Gasteiger partial charge in [0.25, 0.3) is 0 Å². The zero-order valence-electron chi connectivity index (χ0n) is 6.68. The quantitative estimate of drug-likeness (QED) is 0.467. The van der Waals surface area contributed by atoms with Crippen molar-refractivity contribution in [3.63, 3.8) is 0 Å². The van der Waals surface area contributed by atoms with E-state index >= 15 is 0 Å². The molecular weight excluding hydrogens is 203 g/mol. The zero-order chi connectivity index (χ0) is 7.07. The van der Waals surface area contributed by atoms with Crippen LogP contribution in [0.3, 0.4) is 0 Å². The molecule has 12 heavy (non-hydrogen) atoms. The number of rotatable bonds is 0. The topological polar surface area (TPSA) is 0 Å². The molecular formula is C10H11ClTi-6. The second kappa shape index (κ2) is 10.7. The Morgan fingerprint density at radius 1 is 0.667 bits per heavy atom. The van der Waals surface area contributed by atoms with Gasteiger partial charge in [-0.3, -0.25) is 0 Å². The van der Waals surface area contributed by atoms with Crippen LogP contribution in [0.5, 0.6) is 0 Å². The third-order valence-corrected chi connectivity index (χ3v) is 1.11. The van der Waals surface area contributed by atoms with E-state index in [1.807, 2.05) is 60.7 Å². The monoisotopic (exact) mass is 214 g/mol. The van der Waals surface area contributed by atoms with E-state index in [1.54, 1.807) is 0 Å². The molecule has 0 aliphatic heterocycles. The molecule has 0 saturated carbocycles. The van der Waals surface area contributed by atoms with E-state index in [4.69, 9.17) is 0 Å². The van der Waals surface area contributed by atoms with Crippen molar-refractivity contribution in [2.75, 3.05) is 0 Å². The smallest absolute Gasteiger partial charge is 0 e. The van der Waals surface area contributed by atoms with E-state index in [2.05, 4.69) is 0 Å². The molecule has 2 aromatic rings. The summed E-state index contributed by atoms with van der Waals surface area (Å²) in [5.41, 5.74) is 0. The SMILES string of the molecule is Cl.[Ti].[cH-]1[cH-][cH-][cH-][cH-]1.c1cc[cH-]c1. The minimum Gasteiger partial charge on any atom is -0.748 e. The Hall–Kier alpha value is -0.296. The van der Waals surface area contributed by atoms with E-state index < -0.39 is 0 Å². The molecule has 2 rings (SSSR count). The fourth-order valence-corrected chi connectivity index (χ4v) is 0.642. The molecule has 0 saturated heterocycles. The van der Waals surface area contributed by atoms with Crippen molar-refractivity contribution < 1.29 is 21.7 Å². The third-order valence-electron chi connectivity index (χ3n) is 1.11. The predicted molar refractivity (Wildman–Crippen MR) is 51.3 cm³/mol. The van der Waals surface area contributed by atoms with Crippen LogP contribution in [0.4, 0.5) is 0 Å². The fourth-order valence-electron chi connectivity index (χ4n) is 0.642. The molecule has 0 amide bonds. The van der Waals surface area contributed by atoms with Crippen LogP contribution in [0.25, 0.3) is 0 Å². The van der Waals surface area contributed by atoms with Crippen LogP contribution in [0, 0.1) is 0 Å². The van der Waals surface area contributed by atoms with Gasteiger partial charge in [-0.15, -0.1) is 12.4 Å². The first-order chi connectivity index (χ1) is 5.00. The first-order valence-corrected chi connectivity index (χ1v) is 3.33. The zero-order valence-corrected chi connectivity index (χ0v) is 9.06. The van der Waals surface area contributed by atoms with Crippen molar-refractivity contribution in [1.82, 2.24) is 0 Å². The van der Waals surface area contributed by atoms with E-state index in [9.17, 15) is 0 Å². The predicted octanol–water partition coefficient (Wildman–Crippen LogP) is 3.23. The minimum atomic E-state index is 0. The summed E-state index contributed by atoms with van der Waals surface area (Å²) in [7, 11) is 0. The number of hydrogen-bond acceptors (Lipinski definition) is 0. The number of halogens is 1. The molecule has 0 bridgehead atoms. The Balaban J connectivity index is 0. The average Bonchev–Trinajstić information content (AvgIpc) is 2.67. The molecule has 0 spiro atoms. The van der Waals surface area contributed by atoms with Crippen LogP contribution in [-0.4, -0.2) is 0 Å². The Kier molecular flexibility index (Phi) is 12.7. The molecule has 68 valence electrons. The van der Waals surface area contributed by atoms with Gasteiger partial charge in [0.15, 0.2) is 0 Å². The maximum atomic E-state index is 2.00. The van der Waals surface area contributed by atoms with Crippen molar-refractivity contribution in [3.8, 4) is 0 Å². The fraction of sp³-hybridized carbons (Fsp3) is 0. The van der Waals surface area contributed by atoms with E-state index in [1.165, 1.54) is 0 Å². The summed E-state index contributed by atoms with van der Waals surface area (Å²) in [5, 5.41) is 0. The van der Waals surface area contributed by atoms with E-state index in [-0.39, 0.29) is 34.1 Å². The molecule has 0 radical (unpaired) electrons. The largest absolute Gasteiger partial charge is 0.748 e. The molecule has 0 N–H and O–H groups in total. The van der Waals surface area contributed by atoms with E-state index in [0.29, 0.717) is 0 Å². The first kappa shape index (κ1) is 14.2. The van der Waals surface area contributed by atoms with Crippen LogP contribution < -0.4 is 0 Å². The van der Waals surface area contributed by atoms with Crippen LogP contribution >= 0.6 is 12.4 Å². The number of hydrogen-bond donors (Lipinski definition) is 0. The summed E-state index contributed by atoms with van der Waals surface area (Å²) < 4.78 is 0. The maximum absolute atomic E-state index is 2.00. The van der Waals surface area contributed by atoms with Gasteiger partial charge < -0.3 is 30.3 Å². The second-order valence-corrected chi connectivity index (χ2v) is 1.92.